The number of rotatable bonds is 10. The van der Waals surface area contributed by atoms with Crippen molar-refractivity contribution in [1.82, 2.24) is 14.5 Å². The van der Waals surface area contributed by atoms with Gasteiger partial charge in [0.05, 0.1) is 13.7 Å². The molecule has 2 aromatic carbocycles. The maximum Gasteiger partial charge on any atom is 0.356 e. The summed E-state index contributed by atoms with van der Waals surface area (Å²) < 4.78 is 19.1. The van der Waals surface area contributed by atoms with Gasteiger partial charge in [0.25, 0.3) is 0 Å². The Kier molecular flexibility index (Phi) is 9.11. The molecule has 0 saturated carbocycles. The molecule has 41 heavy (non-hydrogen) atoms. The summed E-state index contributed by atoms with van der Waals surface area (Å²) in [5.41, 5.74) is 4.66. The van der Waals surface area contributed by atoms with Crippen LogP contribution in [0.4, 0.5) is 0 Å². The van der Waals surface area contributed by atoms with Crippen molar-refractivity contribution in [2.45, 2.75) is 79.1 Å². The number of ether oxygens (including phenoxy) is 3. The van der Waals surface area contributed by atoms with Crippen molar-refractivity contribution in [2.24, 2.45) is 0 Å². The lowest BCUT2D eigenvalue weighted by atomic mass is 10.0. The Balaban J connectivity index is 1.71. The van der Waals surface area contributed by atoms with E-state index in [0.29, 0.717) is 24.4 Å². The van der Waals surface area contributed by atoms with Gasteiger partial charge in [-0.05, 0) is 62.9 Å². The number of benzene rings is 2. The molecule has 216 valence electrons. The van der Waals surface area contributed by atoms with E-state index in [9.17, 15) is 9.59 Å². The fourth-order valence-electron chi connectivity index (χ4n) is 4.79. The van der Waals surface area contributed by atoms with Gasteiger partial charge in [-0.3, -0.25) is 0 Å². The second-order valence-electron chi connectivity index (χ2n) is 11.1. The number of hydrogen-bond acceptors (Lipinski definition) is 7. The Morgan fingerprint density at radius 2 is 1.73 bits per heavy atom. The van der Waals surface area contributed by atoms with Crippen LogP contribution in [-0.2, 0) is 33.7 Å². The fourth-order valence-corrected chi connectivity index (χ4v) is 4.79. The van der Waals surface area contributed by atoms with Gasteiger partial charge in [-0.15, -0.1) is 0 Å². The molecular weight excluding hydrogens is 518 g/mol. The summed E-state index contributed by atoms with van der Waals surface area (Å²) in [5.74, 6) is 0.605. The summed E-state index contributed by atoms with van der Waals surface area (Å²) in [6.07, 6.45) is 1.49. The topological polar surface area (TPSA) is 92.5 Å². The number of esters is 2. The lowest BCUT2D eigenvalue weighted by Gasteiger charge is -2.25. The summed E-state index contributed by atoms with van der Waals surface area (Å²) in [4.78, 5) is 34.9. The molecule has 0 radical (unpaired) electrons. The zero-order chi connectivity index (χ0) is 29.7. The van der Waals surface area contributed by atoms with Gasteiger partial charge in [-0.1, -0.05) is 62.7 Å². The van der Waals surface area contributed by atoms with Gasteiger partial charge in [0.15, 0.2) is 11.3 Å². The smallest absolute Gasteiger partial charge is 0.356 e. The molecule has 8 nitrogen and oxygen atoms in total. The van der Waals surface area contributed by atoms with Crippen LogP contribution in [-0.4, -0.2) is 39.2 Å². The quantitative estimate of drug-likeness (QED) is 0.204. The van der Waals surface area contributed by atoms with Crippen LogP contribution in [0.15, 0.2) is 54.6 Å². The molecule has 0 N–H and O–H groups in total. The molecule has 0 aliphatic rings. The summed E-state index contributed by atoms with van der Waals surface area (Å²) in [6, 6.07) is 17.2. The predicted molar refractivity (Wildman–Crippen MR) is 158 cm³/mol. The van der Waals surface area contributed by atoms with Gasteiger partial charge in [0, 0.05) is 12.0 Å². The SMILES string of the molecule is CCCc1cc(Cn2c(CC)nc3c(C)cc(C(=O)OC)nc32)ccc1OC(C(=O)OC(C)(C)C)c1ccccc1. The fraction of sp³-hybridized carbons (Fsp3) is 0.394. The monoisotopic (exact) mass is 557 g/mol. The van der Waals surface area contributed by atoms with Gasteiger partial charge in [-0.2, -0.15) is 0 Å². The van der Waals surface area contributed by atoms with Crippen molar-refractivity contribution in [3.05, 3.63) is 88.4 Å². The predicted octanol–water partition coefficient (Wildman–Crippen LogP) is 6.55. The van der Waals surface area contributed by atoms with Crippen molar-refractivity contribution in [1.29, 1.82) is 0 Å². The number of carbonyl (C=O) groups excluding carboxylic acids is 2. The molecule has 1 unspecified atom stereocenters. The van der Waals surface area contributed by atoms with Gasteiger partial charge >= 0.3 is 11.9 Å². The molecular formula is C33H39N3O5. The van der Waals surface area contributed by atoms with Gasteiger partial charge < -0.3 is 18.8 Å². The van der Waals surface area contributed by atoms with E-state index in [1.165, 1.54) is 7.11 Å². The van der Waals surface area contributed by atoms with Gasteiger partial charge in [0.2, 0.25) is 6.10 Å². The molecule has 8 heteroatoms. The Bertz CT molecular complexity index is 1540. The molecule has 0 aliphatic carbocycles. The van der Waals surface area contributed by atoms with E-state index >= 15 is 0 Å². The average Bonchev–Trinajstić information content (AvgIpc) is 3.29. The van der Waals surface area contributed by atoms with Gasteiger partial charge in [-0.25, -0.2) is 19.6 Å². The Morgan fingerprint density at radius 3 is 2.37 bits per heavy atom. The van der Waals surface area contributed by atoms with E-state index in [0.717, 1.165) is 46.4 Å². The number of aryl methyl sites for hydroxylation is 3. The highest BCUT2D eigenvalue weighted by Crippen LogP contribution is 2.30. The lowest BCUT2D eigenvalue weighted by molar-refractivity contribution is -0.163. The first-order chi connectivity index (χ1) is 19.5. The van der Waals surface area contributed by atoms with E-state index < -0.39 is 23.6 Å². The summed E-state index contributed by atoms with van der Waals surface area (Å²) in [6.45, 7) is 12.1. The largest absolute Gasteiger partial charge is 0.474 e. The first-order valence-electron chi connectivity index (χ1n) is 14.1. The summed E-state index contributed by atoms with van der Waals surface area (Å²) >= 11 is 0. The van der Waals surface area contributed by atoms with Crippen LogP contribution in [0.25, 0.3) is 11.2 Å². The number of nitrogens with zero attached hydrogens (tertiary/aromatic N) is 3. The molecule has 2 aromatic heterocycles. The van der Waals surface area contributed by atoms with Crippen molar-refractivity contribution in [3.8, 4) is 5.75 Å². The molecule has 4 rings (SSSR count). The van der Waals surface area contributed by atoms with Crippen LogP contribution in [0.2, 0.25) is 0 Å². The van der Waals surface area contributed by atoms with E-state index in [1.807, 2.05) is 81.7 Å². The van der Waals surface area contributed by atoms with E-state index in [2.05, 4.69) is 18.0 Å². The lowest BCUT2D eigenvalue weighted by Crippen LogP contribution is -2.30. The standard InChI is InChI=1S/C33H39N3O5/c1-8-13-24-19-22(20-36-27(9-2)35-28-21(3)18-25(31(37)39-7)34-30(28)36)16-17-26(24)40-29(23-14-11-10-12-15-23)32(38)41-33(4,5)6/h10-12,14-19,29H,8-9,13,20H2,1-7H3. The van der Waals surface area contributed by atoms with Crippen LogP contribution < -0.4 is 4.74 Å². The van der Waals surface area contributed by atoms with Crippen molar-refractivity contribution >= 4 is 23.1 Å². The molecule has 0 amide bonds. The molecule has 1 atom stereocenters. The molecule has 4 aromatic rings. The molecule has 0 spiro atoms. The van der Waals surface area contributed by atoms with Crippen molar-refractivity contribution < 1.29 is 23.8 Å². The number of imidazole rings is 1. The Labute approximate surface area is 241 Å². The van der Waals surface area contributed by atoms with E-state index in [4.69, 9.17) is 19.2 Å². The zero-order valence-corrected chi connectivity index (χ0v) is 25.0. The first kappa shape index (κ1) is 29.8. The Hall–Kier alpha value is -4.20. The number of hydrogen-bond donors (Lipinski definition) is 0. The van der Waals surface area contributed by atoms with Crippen molar-refractivity contribution in [2.75, 3.05) is 7.11 Å². The molecule has 0 saturated heterocycles. The number of fused-ring (bicyclic) bond motifs is 1. The average molecular weight is 558 g/mol. The van der Waals surface area contributed by atoms with E-state index in [1.54, 1.807) is 6.07 Å². The third-order valence-electron chi connectivity index (χ3n) is 6.64. The highest BCUT2D eigenvalue weighted by molar-refractivity contribution is 5.90. The number of carbonyl (C=O) groups is 2. The van der Waals surface area contributed by atoms with E-state index in [-0.39, 0.29) is 5.69 Å². The maximum absolute atomic E-state index is 13.2. The Morgan fingerprint density at radius 1 is 1.00 bits per heavy atom. The first-order valence-corrected chi connectivity index (χ1v) is 14.1. The zero-order valence-electron chi connectivity index (χ0n) is 25.0. The third kappa shape index (κ3) is 6.93. The molecule has 0 bridgehead atoms. The number of aromatic nitrogens is 3. The molecule has 2 heterocycles. The highest BCUT2D eigenvalue weighted by atomic mass is 16.6. The number of pyridine rings is 1. The maximum atomic E-state index is 13.2. The van der Waals surface area contributed by atoms with Gasteiger partial charge in [0.1, 0.15) is 22.7 Å². The molecule has 0 fully saturated rings. The van der Waals surface area contributed by atoms with Crippen LogP contribution in [0, 0.1) is 6.92 Å². The second kappa shape index (κ2) is 12.5. The minimum Gasteiger partial charge on any atom is -0.474 e. The highest BCUT2D eigenvalue weighted by Gasteiger charge is 2.29. The third-order valence-corrected chi connectivity index (χ3v) is 6.64. The number of methoxy groups -OCH3 is 1. The van der Waals surface area contributed by atoms with Crippen LogP contribution in [0.1, 0.15) is 85.7 Å². The van der Waals surface area contributed by atoms with Crippen LogP contribution in [0.3, 0.4) is 0 Å². The summed E-state index contributed by atoms with van der Waals surface area (Å²) in [7, 11) is 1.35. The second-order valence-corrected chi connectivity index (χ2v) is 11.1. The van der Waals surface area contributed by atoms with Crippen LogP contribution in [0.5, 0.6) is 5.75 Å². The van der Waals surface area contributed by atoms with Crippen molar-refractivity contribution in [3.63, 3.8) is 0 Å². The normalized spacial score (nSPS) is 12.3. The minimum atomic E-state index is -0.898. The minimum absolute atomic E-state index is 0.255. The van der Waals surface area contributed by atoms with Crippen LogP contribution >= 0.6 is 0 Å². The molecule has 0 aliphatic heterocycles. The summed E-state index contributed by atoms with van der Waals surface area (Å²) in [5, 5.41) is 0.